The molecule has 0 bridgehead atoms. The van der Waals surface area contributed by atoms with Gasteiger partial charge in [-0.15, -0.1) is 0 Å². The summed E-state index contributed by atoms with van der Waals surface area (Å²) in [7, 11) is 0. The molecule has 0 aliphatic heterocycles. The zero-order chi connectivity index (χ0) is 25.2. The number of aromatic hydroxyl groups is 1. The molecule has 0 atom stereocenters. The Bertz CT molecular complexity index is 1460. The molecule has 4 aromatic rings. The number of nitriles is 1. The number of nitrogens with one attached hydrogen (secondary N) is 1. The van der Waals surface area contributed by atoms with Crippen molar-refractivity contribution in [2.45, 2.75) is 31.7 Å². The second kappa shape index (κ2) is 9.78. The van der Waals surface area contributed by atoms with E-state index in [2.05, 4.69) is 23.6 Å². The third-order valence-electron chi connectivity index (χ3n) is 6.87. The molecule has 1 saturated carbocycles. The molecule has 0 radical (unpaired) electrons. The number of amides is 1. The lowest BCUT2D eigenvalue weighted by Crippen LogP contribution is -2.31. The Morgan fingerprint density at radius 1 is 1.06 bits per heavy atom. The third-order valence-corrected chi connectivity index (χ3v) is 6.87. The van der Waals surface area contributed by atoms with E-state index in [1.807, 2.05) is 35.0 Å². The molecule has 2 N–H and O–H groups in total. The summed E-state index contributed by atoms with van der Waals surface area (Å²) < 4.78 is 29.1. The number of hydrogen-bond donors (Lipinski definition) is 2. The molecule has 1 heterocycles. The van der Waals surface area contributed by atoms with Crippen molar-refractivity contribution in [3.05, 3.63) is 83.6 Å². The van der Waals surface area contributed by atoms with Gasteiger partial charge in [-0.3, -0.25) is 9.48 Å². The number of carbonyl (C=O) groups is 1. The summed E-state index contributed by atoms with van der Waals surface area (Å²) in [5.41, 5.74) is 3.41. The van der Waals surface area contributed by atoms with Crippen LogP contribution in [-0.4, -0.2) is 27.3 Å². The lowest BCUT2D eigenvalue weighted by atomic mass is 9.86. The zero-order valence-corrected chi connectivity index (χ0v) is 19.4. The predicted octanol–water partition coefficient (Wildman–Crippen LogP) is 5.72. The molecule has 182 valence electrons. The van der Waals surface area contributed by atoms with Crippen LogP contribution in [0, 0.1) is 28.9 Å². The van der Waals surface area contributed by atoms with Crippen LogP contribution < -0.4 is 5.32 Å². The SMILES string of the molecule is N#Cc1cccc(-c2ccc3nn(C4CCC(CNC(=O)c5cc(F)c(O)c(F)c5)CC4)cc3c2)c1. The van der Waals surface area contributed by atoms with E-state index in [1.54, 1.807) is 6.07 Å². The first-order chi connectivity index (χ1) is 17.4. The minimum absolute atomic E-state index is 0.154. The molecule has 1 aliphatic carbocycles. The van der Waals surface area contributed by atoms with Crippen LogP contribution in [0.15, 0.2) is 60.8 Å². The number of benzene rings is 3. The van der Waals surface area contributed by atoms with Crippen LogP contribution >= 0.6 is 0 Å². The molecule has 1 amide bonds. The number of carbonyl (C=O) groups excluding carboxylic acids is 1. The van der Waals surface area contributed by atoms with E-state index in [0.29, 0.717) is 12.1 Å². The fraction of sp³-hybridized carbons (Fsp3) is 0.250. The molecule has 3 aromatic carbocycles. The standard InChI is InChI=1S/C28H24F2N4O2/c29-24-12-21(13-25(30)27(24)35)28(36)32-15-17-4-7-23(8-5-17)34-16-22-11-20(6-9-26(22)33-34)19-3-1-2-18(10-19)14-31/h1-3,6,9-13,16-17,23,35H,4-5,7-8,15H2,(H,32,36). The van der Waals surface area contributed by atoms with E-state index < -0.39 is 23.3 Å². The van der Waals surface area contributed by atoms with Gasteiger partial charge in [-0.1, -0.05) is 18.2 Å². The number of aromatic nitrogens is 2. The van der Waals surface area contributed by atoms with E-state index in [1.165, 1.54) is 0 Å². The van der Waals surface area contributed by atoms with Crippen LogP contribution in [0.1, 0.15) is 47.6 Å². The average Bonchev–Trinajstić information content (AvgIpc) is 3.34. The van der Waals surface area contributed by atoms with Crippen LogP contribution in [0.5, 0.6) is 5.75 Å². The van der Waals surface area contributed by atoms with E-state index in [-0.39, 0.29) is 17.5 Å². The van der Waals surface area contributed by atoms with Gasteiger partial charge < -0.3 is 10.4 Å². The van der Waals surface area contributed by atoms with Crippen molar-refractivity contribution in [3.63, 3.8) is 0 Å². The molecule has 1 aliphatic rings. The Labute approximate surface area is 206 Å². The Kier molecular flexibility index (Phi) is 6.38. The molecule has 1 fully saturated rings. The highest BCUT2D eigenvalue weighted by molar-refractivity contribution is 5.94. The van der Waals surface area contributed by atoms with Crippen LogP contribution in [-0.2, 0) is 0 Å². The zero-order valence-electron chi connectivity index (χ0n) is 19.4. The molecule has 6 nitrogen and oxygen atoms in total. The van der Waals surface area contributed by atoms with Gasteiger partial charge in [0.05, 0.1) is 23.2 Å². The van der Waals surface area contributed by atoms with Crippen molar-refractivity contribution in [2.24, 2.45) is 5.92 Å². The minimum Gasteiger partial charge on any atom is -0.503 e. The number of phenolic OH excluding ortho intramolecular Hbond substituents is 1. The number of hydrogen-bond acceptors (Lipinski definition) is 4. The van der Waals surface area contributed by atoms with Gasteiger partial charge in [-0.25, -0.2) is 8.78 Å². The van der Waals surface area contributed by atoms with Crippen molar-refractivity contribution in [1.82, 2.24) is 15.1 Å². The number of fused-ring (bicyclic) bond motifs is 1. The van der Waals surface area contributed by atoms with Crippen molar-refractivity contribution >= 4 is 16.8 Å². The number of phenols is 1. The summed E-state index contributed by atoms with van der Waals surface area (Å²) in [6.07, 6.45) is 5.67. The lowest BCUT2D eigenvalue weighted by Gasteiger charge is -2.28. The van der Waals surface area contributed by atoms with Gasteiger partial charge in [0.1, 0.15) is 0 Å². The molecular weight excluding hydrogens is 462 g/mol. The second-order valence-electron chi connectivity index (χ2n) is 9.25. The third kappa shape index (κ3) is 4.78. The predicted molar refractivity (Wildman–Crippen MR) is 131 cm³/mol. The highest BCUT2D eigenvalue weighted by Crippen LogP contribution is 2.33. The maximum Gasteiger partial charge on any atom is 0.251 e. The van der Waals surface area contributed by atoms with Crippen molar-refractivity contribution in [3.8, 4) is 22.9 Å². The summed E-state index contributed by atoms with van der Waals surface area (Å²) in [6, 6.07) is 17.7. The molecule has 1 aromatic heterocycles. The Morgan fingerprint density at radius 3 is 2.50 bits per heavy atom. The van der Waals surface area contributed by atoms with Gasteiger partial charge in [0.25, 0.3) is 5.91 Å². The molecule has 8 heteroatoms. The van der Waals surface area contributed by atoms with Crippen LogP contribution in [0.2, 0.25) is 0 Å². The fourth-order valence-electron chi connectivity index (χ4n) is 4.83. The first-order valence-electron chi connectivity index (χ1n) is 11.9. The summed E-state index contributed by atoms with van der Waals surface area (Å²) in [6.45, 7) is 0.419. The Balaban J connectivity index is 1.20. The number of rotatable bonds is 5. The van der Waals surface area contributed by atoms with Crippen molar-refractivity contribution in [2.75, 3.05) is 6.54 Å². The van der Waals surface area contributed by atoms with Crippen molar-refractivity contribution in [1.29, 1.82) is 5.26 Å². The van der Waals surface area contributed by atoms with Crippen LogP contribution in [0.25, 0.3) is 22.0 Å². The van der Waals surface area contributed by atoms with Crippen molar-refractivity contribution < 1.29 is 18.7 Å². The Morgan fingerprint density at radius 2 is 1.78 bits per heavy atom. The van der Waals surface area contributed by atoms with E-state index in [0.717, 1.165) is 59.8 Å². The second-order valence-corrected chi connectivity index (χ2v) is 9.25. The van der Waals surface area contributed by atoms with E-state index >= 15 is 0 Å². The quantitative estimate of drug-likeness (QED) is 0.378. The normalized spacial score (nSPS) is 17.6. The smallest absolute Gasteiger partial charge is 0.251 e. The summed E-state index contributed by atoms with van der Waals surface area (Å²) >= 11 is 0. The Hall–Kier alpha value is -4.25. The van der Waals surface area contributed by atoms with E-state index in [9.17, 15) is 18.7 Å². The van der Waals surface area contributed by atoms with Gasteiger partial charge in [-0.05, 0) is 79.1 Å². The van der Waals surface area contributed by atoms with Gasteiger partial charge in [0.2, 0.25) is 0 Å². The highest BCUT2D eigenvalue weighted by atomic mass is 19.1. The van der Waals surface area contributed by atoms with E-state index in [4.69, 9.17) is 10.4 Å². The molecule has 0 saturated heterocycles. The molecule has 0 unspecified atom stereocenters. The number of nitrogens with zero attached hydrogens (tertiary/aromatic N) is 3. The van der Waals surface area contributed by atoms with Gasteiger partial charge in [-0.2, -0.15) is 10.4 Å². The molecule has 5 rings (SSSR count). The van der Waals surface area contributed by atoms with Gasteiger partial charge in [0, 0.05) is 23.7 Å². The minimum atomic E-state index is -1.16. The molecule has 0 spiro atoms. The molecular formula is C28H24F2N4O2. The topological polar surface area (TPSA) is 90.9 Å². The van der Waals surface area contributed by atoms with Crippen LogP contribution in [0.4, 0.5) is 8.78 Å². The van der Waals surface area contributed by atoms with Gasteiger partial charge >= 0.3 is 0 Å². The maximum absolute atomic E-state index is 13.5. The summed E-state index contributed by atoms with van der Waals surface area (Å²) in [4.78, 5) is 12.3. The lowest BCUT2D eigenvalue weighted by molar-refractivity contribution is 0.0940. The summed E-state index contributed by atoms with van der Waals surface area (Å²) in [5.74, 6) is -3.70. The molecule has 36 heavy (non-hydrogen) atoms. The number of halogens is 2. The van der Waals surface area contributed by atoms with Crippen LogP contribution in [0.3, 0.4) is 0 Å². The summed E-state index contributed by atoms with van der Waals surface area (Å²) in [5, 5.41) is 26.9. The largest absolute Gasteiger partial charge is 0.503 e. The first kappa shape index (κ1) is 23.5. The maximum atomic E-state index is 13.5. The highest BCUT2D eigenvalue weighted by Gasteiger charge is 2.24. The van der Waals surface area contributed by atoms with Gasteiger partial charge in [0.15, 0.2) is 17.4 Å². The average molecular weight is 487 g/mol. The monoisotopic (exact) mass is 486 g/mol. The fourth-order valence-corrected chi connectivity index (χ4v) is 4.83. The first-order valence-corrected chi connectivity index (χ1v) is 11.9.